The minimum absolute atomic E-state index is 0.0874. The number of halogens is 6. The molecule has 3 aromatic rings. The largest absolute Gasteiger partial charge is 0.426 e. The first-order chi connectivity index (χ1) is 19.0. The van der Waals surface area contributed by atoms with Crippen molar-refractivity contribution in [2.24, 2.45) is 0 Å². The van der Waals surface area contributed by atoms with Crippen molar-refractivity contribution in [3.63, 3.8) is 0 Å². The van der Waals surface area contributed by atoms with E-state index < -0.39 is 82.1 Å². The van der Waals surface area contributed by atoms with Gasteiger partial charge in [-0.05, 0) is 38.7 Å². The first-order valence-corrected chi connectivity index (χ1v) is 12.3. The fourth-order valence-electron chi connectivity index (χ4n) is 4.50. The number of aliphatic hydroxyl groups excluding tert-OH is 1. The van der Waals surface area contributed by atoms with Gasteiger partial charge in [0.1, 0.15) is 11.4 Å². The highest BCUT2D eigenvalue weighted by Crippen LogP contribution is 2.48. The quantitative estimate of drug-likeness (QED) is 0.208. The number of nitrogens with zero attached hydrogens (tertiary/aromatic N) is 4. The zero-order valence-electron chi connectivity index (χ0n) is 21.7. The van der Waals surface area contributed by atoms with Gasteiger partial charge in [-0.2, -0.15) is 26.3 Å². The van der Waals surface area contributed by atoms with Crippen LogP contribution in [0.25, 0.3) is 11.6 Å². The van der Waals surface area contributed by atoms with Gasteiger partial charge in [-0.3, -0.25) is 10.1 Å². The van der Waals surface area contributed by atoms with Gasteiger partial charge in [-0.1, -0.05) is 30.3 Å². The molecule has 0 saturated carbocycles. The second-order valence-electron chi connectivity index (χ2n) is 10.3. The molecule has 2 aromatic heterocycles. The van der Waals surface area contributed by atoms with Crippen LogP contribution in [0.1, 0.15) is 56.5 Å². The predicted octanol–water partition coefficient (Wildman–Crippen LogP) is 6.16. The van der Waals surface area contributed by atoms with E-state index in [1.165, 1.54) is 26.0 Å². The molecule has 0 fully saturated rings. The molecular formula is C25H25F6N5O5. The molecule has 10 nitrogen and oxygen atoms in total. The van der Waals surface area contributed by atoms with Gasteiger partial charge in [0.25, 0.3) is 11.8 Å². The molecule has 2 atom stereocenters. The van der Waals surface area contributed by atoms with Crippen molar-refractivity contribution in [1.29, 1.82) is 0 Å². The molecule has 0 spiro atoms. The van der Waals surface area contributed by atoms with Crippen LogP contribution in [-0.2, 0) is 23.1 Å². The number of nitro groups is 1. The fraction of sp³-hybridized carbons (Fsp3) is 0.480. The summed E-state index contributed by atoms with van der Waals surface area (Å²) < 4.78 is 96.8. The molecule has 0 aliphatic carbocycles. The molecule has 4 bridgehead atoms. The van der Waals surface area contributed by atoms with Crippen molar-refractivity contribution in [1.82, 2.24) is 15.2 Å². The van der Waals surface area contributed by atoms with Gasteiger partial charge in [-0.25, -0.2) is 4.98 Å². The van der Waals surface area contributed by atoms with Crippen molar-refractivity contribution < 1.29 is 45.5 Å². The van der Waals surface area contributed by atoms with E-state index in [1.54, 1.807) is 18.2 Å². The maximum Gasteiger partial charge on any atom is 0.426 e. The lowest BCUT2D eigenvalue weighted by Gasteiger charge is -2.34. The Balaban J connectivity index is 1.94. The van der Waals surface area contributed by atoms with E-state index in [1.807, 2.05) is 0 Å². The summed E-state index contributed by atoms with van der Waals surface area (Å²) in [6, 6.07) is 8.03. The third kappa shape index (κ3) is 6.43. The van der Waals surface area contributed by atoms with E-state index in [4.69, 9.17) is 9.15 Å². The highest BCUT2D eigenvalue weighted by Gasteiger charge is 2.62. The van der Waals surface area contributed by atoms with Crippen LogP contribution in [0.2, 0.25) is 0 Å². The summed E-state index contributed by atoms with van der Waals surface area (Å²) in [5.74, 6) is -2.95. The number of rotatable bonds is 4. The molecular weight excluding hydrogens is 564 g/mol. The molecule has 0 amide bonds. The number of hydrogen-bond donors (Lipinski definition) is 2. The Labute approximate surface area is 228 Å². The first kappa shape index (κ1) is 30.2. The molecule has 3 heterocycles. The van der Waals surface area contributed by atoms with Crippen molar-refractivity contribution in [3.05, 3.63) is 63.5 Å². The Bertz CT molecular complexity index is 1400. The van der Waals surface area contributed by atoms with E-state index >= 15 is 0 Å². The Morgan fingerprint density at radius 3 is 2.46 bits per heavy atom. The molecule has 222 valence electrons. The maximum atomic E-state index is 14.8. The lowest BCUT2D eigenvalue weighted by Crippen LogP contribution is -2.47. The molecule has 1 aliphatic rings. The highest BCUT2D eigenvalue weighted by atomic mass is 19.4. The summed E-state index contributed by atoms with van der Waals surface area (Å²) in [5.41, 5.74) is -7.71. The monoisotopic (exact) mass is 589 g/mol. The lowest BCUT2D eigenvalue weighted by molar-refractivity contribution is -0.384. The molecule has 1 unspecified atom stereocenters. The first-order valence-electron chi connectivity index (χ1n) is 12.3. The SMILES string of the molecule is CC1(C)CCCC(O)C[C@](OCc2ccccc2)(C(F)(F)F)c2nnc(o2)-c2nc(c(C(F)(F)F)cc2[N+](=O)[O-])N1. The normalized spacial score (nSPS) is 21.5. The average Bonchev–Trinajstić information content (AvgIpc) is 3.35. The average molecular weight is 589 g/mol. The molecule has 4 rings (SSSR count). The van der Waals surface area contributed by atoms with Crippen LogP contribution in [0, 0.1) is 10.1 Å². The predicted molar refractivity (Wildman–Crippen MR) is 130 cm³/mol. The van der Waals surface area contributed by atoms with Crippen LogP contribution in [0.5, 0.6) is 0 Å². The summed E-state index contributed by atoms with van der Waals surface area (Å²) in [6.07, 6.45) is -13.0. The molecule has 41 heavy (non-hydrogen) atoms. The standard InChI is InChI=1S/C25H25F6N5O5/c1-22(2)10-6-9-15(37)12-23(25(29,30)31,40-13-14-7-4-3-5-8-14)21-35-34-20(41-21)18-17(36(38)39)11-16(24(26,27)28)19(32-18)33-22/h3-5,7-8,11,15,37H,6,9-10,12-13H2,1-2H3,(H,32,33)/t15?,23-/m1/s1. The number of ether oxygens (including phenoxy) is 1. The van der Waals surface area contributed by atoms with E-state index in [0.29, 0.717) is 5.56 Å². The molecule has 0 radical (unpaired) electrons. The van der Waals surface area contributed by atoms with Crippen LogP contribution >= 0.6 is 0 Å². The number of hydrogen-bond acceptors (Lipinski definition) is 9. The number of pyridine rings is 1. The summed E-state index contributed by atoms with van der Waals surface area (Å²) in [5, 5.41) is 32.0. The van der Waals surface area contributed by atoms with Crippen molar-refractivity contribution in [2.45, 2.75) is 75.7 Å². The molecule has 0 saturated heterocycles. The second-order valence-corrected chi connectivity index (χ2v) is 10.3. The third-order valence-corrected chi connectivity index (χ3v) is 6.58. The molecule has 1 aromatic carbocycles. The van der Waals surface area contributed by atoms with Gasteiger partial charge in [0, 0.05) is 18.0 Å². The number of benzene rings is 1. The number of fused-ring (bicyclic) bond motifs is 5. The molecule has 2 N–H and O–H groups in total. The van der Waals surface area contributed by atoms with Crippen LogP contribution in [-0.4, -0.2) is 43.0 Å². The highest BCUT2D eigenvalue weighted by molar-refractivity contribution is 5.68. The van der Waals surface area contributed by atoms with Gasteiger partial charge in [0.05, 0.1) is 17.6 Å². The lowest BCUT2D eigenvalue weighted by atomic mass is 9.90. The summed E-state index contributed by atoms with van der Waals surface area (Å²) in [4.78, 5) is 14.3. The number of nitrogens with one attached hydrogen (secondary N) is 1. The van der Waals surface area contributed by atoms with Gasteiger partial charge < -0.3 is 19.6 Å². The summed E-state index contributed by atoms with van der Waals surface area (Å²) in [7, 11) is 0. The van der Waals surface area contributed by atoms with E-state index in [-0.39, 0.29) is 25.3 Å². The number of anilines is 1. The van der Waals surface area contributed by atoms with Crippen LogP contribution in [0.3, 0.4) is 0 Å². The fourth-order valence-corrected chi connectivity index (χ4v) is 4.50. The van der Waals surface area contributed by atoms with Crippen LogP contribution < -0.4 is 5.32 Å². The topological polar surface area (TPSA) is 136 Å². The number of aromatic nitrogens is 3. The third-order valence-electron chi connectivity index (χ3n) is 6.58. The van der Waals surface area contributed by atoms with Crippen LogP contribution in [0.15, 0.2) is 40.8 Å². The van der Waals surface area contributed by atoms with Gasteiger partial charge in [0.2, 0.25) is 11.3 Å². The summed E-state index contributed by atoms with van der Waals surface area (Å²) >= 11 is 0. The van der Waals surface area contributed by atoms with Crippen molar-refractivity contribution in [3.8, 4) is 11.6 Å². The Hall–Kier alpha value is -3.79. The minimum atomic E-state index is -5.24. The smallest absolute Gasteiger partial charge is 0.415 e. The Kier molecular flexibility index (Phi) is 8.01. The van der Waals surface area contributed by atoms with Gasteiger partial charge in [0.15, 0.2) is 0 Å². The minimum Gasteiger partial charge on any atom is -0.415 e. The Morgan fingerprint density at radius 2 is 1.85 bits per heavy atom. The van der Waals surface area contributed by atoms with E-state index in [2.05, 4.69) is 20.5 Å². The van der Waals surface area contributed by atoms with Crippen LogP contribution in [0.4, 0.5) is 37.8 Å². The Morgan fingerprint density at radius 1 is 1.17 bits per heavy atom. The number of aliphatic hydroxyl groups is 1. The van der Waals surface area contributed by atoms with Crippen molar-refractivity contribution >= 4 is 11.5 Å². The number of alkyl halides is 6. The molecule has 1 aliphatic heterocycles. The van der Waals surface area contributed by atoms with Crippen molar-refractivity contribution in [2.75, 3.05) is 5.32 Å². The molecule has 16 heteroatoms. The van der Waals surface area contributed by atoms with Gasteiger partial charge >= 0.3 is 18.0 Å². The van der Waals surface area contributed by atoms with E-state index in [0.717, 1.165) is 0 Å². The summed E-state index contributed by atoms with van der Waals surface area (Å²) in [6.45, 7) is 2.44. The zero-order valence-corrected chi connectivity index (χ0v) is 21.7. The zero-order chi connectivity index (χ0) is 30.2. The maximum absolute atomic E-state index is 14.8. The second kappa shape index (κ2) is 10.9. The van der Waals surface area contributed by atoms with Gasteiger partial charge in [-0.15, -0.1) is 10.2 Å². The van der Waals surface area contributed by atoms with E-state index in [9.17, 15) is 41.6 Å².